The number of nitriles is 1. The van der Waals surface area contributed by atoms with Gasteiger partial charge in [-0.3, -0.25) is 4.79 Å². The maximum Gasteiger partial charge on any atom is 0.300 e. The number of hydrogen-bond acceptors (Lipinski definition) is 3. The van der Waals surface area contributed by atoms with Crippen molar-refractivity contribution in [1.29, 1.82) is 5.26 Å². The minimum atomic E-state index is -0.833. The zero-order chi connectivity index (χ0) is 12.9. The molecule has 0 aromatic carbocycles. The van der Waals surface area contributed by atoms with Gasteiger partial charge in [-0.15, -0.1) is 0 Å². The topological polar surface area (TPSA) is 86.2 Å². The van der Waals surface area contributed by atoms with Crippen molar-refractivity contribution in [3.05, 3.63) is 19.2 Å². The van der Waals surface area contributed by atoms with Gasteiger partial charge in [0.15, 0.2) is 0 Å². The molecule has 0 bridgehead atoms. The van der Waals surface area contributed by atoms with Crippen LogP contribution in [0, 0.1) is 11.3 Å². The Morgan fingerprint density at radius 2 is 1.88 bits per heavy atom. The van der Waals surface area contributed by atoms with Gasteiger partial charge in [-0.25, -0.2) is 0 Å². The number of nitrogens with zero attached hydrogens (tertiary/aromatic N) is 2. The van der Waals surface area contributed by atoms with Gasteiger partial charge in [-0.1, -0.05) is 0 Å². The smallest absolute Gasteiger partial charge is 0.300 e. The van der Waals surface area contributed by atoms with Crippen molar-refractivity contribution in [3.8, 4) is 6.07 Å². The summed E-state index contributed by atoms with van der Waals surface area (Å²) in [5.74, 6) is -0.833. The number of aliphatic hydroxyl groups is 1. The second kappa shape index (κ2) is 7.06. The Morgan fingerprint density at radius 1 is 1.44 bits per heavy atom. The lowest BCUT2D eigenvalue weighted by atomic mass is 10.4. The maximum atomic E-state index is 9.00. The second-order valence-corrected chi connectivity index (χ2v) is 4.77. The average molecular weight is 419 g/mol. The molecule has 1 aromatic heterocycles. The van der Waals surface area contributed by atoms with Crippen LogP contribution in [-0.4, -0.2) is 20.7 Å². The molecule has 8 heteroatoms. The molecule has 88 valence electrons. The van der Waals surface area contributed by atoms with Crippen molar-refractivity contribution < 1.29 is 15.0 Å². The molecule has 0 saturated heterocycles. The fraction of sp³-hybridized carbons (Fsp3) is 0.250. The summed E-state index contributed by atoms with van der Waals surface area (Å²) in [6.45, 7) is 0.904. The fourth-order valence-electron chi connectivity index (χ4n) is 0.753. The summed E-state index contributed by atoms with van der Waals surface area (Å²) in [4.78, 5) is 9.00. The van der Waals surface area contributed by atoms with E-state index in [1.54, 1.807) is 0 Å². The summed E-state index contributed by atoms with van der Waals surface area (Å²) in [5.41, 5.74) is 0.468. The first-order valence-corrected chi connectivity index (χ1v) is 6.18. The zero-order valence-electron chi connectivity index (χ0n) is 8.04. The summed E-state index contributed by atoms with van der Waals surface area (Å²) in [5, 5.41) is 25.0. The number of aliphatic carboxylic acids is 1. The van der Waals surface area contributed by atoms with Crippen LogP contribution in [0.15, 0.2) is 13.7 Å². The van der Waals surface area contributed by atoms with E-state index >= 15 is 0 Å². The summed E-state index contributed by atoms with van der Waals surface area (Å²) < 4.78 is 3.37. The van der Waals surface area contributed by atoms with Gasteiger partial charge < -0.3 is 14.8 Å². The van der Waals surface area contributed by atoms with Gasteiger partial charge in [-0.2, -0.15) is 5.26 Å². The molecule has 5 nitrogen and oxygen atoms in total. The molecule has 0 aliphatic heterocycles. The molecule has 0 aliphatic carbocycles. The van der Waals surface area contributed by atoms with Crippen LogP contribution >= 0.6 is 47.8 Å². The van der Waals surface area contributed by atoms with Crippen LogP contribution in [0.1, 0.15) is 12.5 Å². The van der Waals surface area contributed by atoms with Crippen molar-refractivity contribution in [2.75, 3.05) is 0 Å². The largest absolute Gasteiger partial charge is 0.481 e. The number of carbonyl (C=O) groups is 1. The third kappa shape index (κ3) is 3.90. The van der Waals surface area contributed by atoms with Crippen molar-refractivity contribution >= 4 is 53.8 Å². The molecule has 0 amide bonds. The van der Waals surface area contributed by atoms with Gasteiger partial charge in [-0.05, 0) is 47.8 Å². The molecule has 0 radical (unpaired) electrons. The quantitative estimate of drug-likeness (QED) is 0.734. The highest BCUT2D eigenvalue weighted by atomic mass is 79.9. The van der Waals surface area contributed by atoms with Gasteiger partial charge in [0.05, 0.1) is 10.0 Å². The van der Waals surface area contributed by atoms with E-state index in [1.165, 1.54) is 4.57 Å². The van der Waals surface area contributed by atoms with Crippen molar-refractivity contribution in [1.82, 2.24) is 4.57 Å². The van der Waals surface area contributed by atoms with Crippen molar-refractivity contribution in [2.45, 2.75) is 13.7 Å². The van der Waals surface area contributed by atoms with Gasteiger partial charge in [0.25, 0.3) is 5.97 Å². The van der Waals surface area contributed by atoms with E-state index in [1.807, 2.05) is 6.07 Å². The second-order valence-electron chi connectivity index (χ2n) is 2.47. The molecule has 0 fully saturated rings. The van der Waals surface area contributed by atoms with Gasteiger partial charge in [0, 0.05) is 6.92 Å². The Kier molecular flexibility index (Phi) is 6.90. The first kappa shape index (κ1) is 15.6. The van der Waals surface area contributed by atoms with E-state index in [9.17, 15) is 0 Å². The summed E-state index contributed by atoms with van der Waals surface area (Å²) in [7, 11) is 0. The number of rotatable bonds is 1. The Morgan fingerprint density at radius 3 is 2.06 bits per heavy atom. The average Bonchev–Trinajstić information content (AvgIpc) is 2.37. The van der Waals surface area contributed by atoms with E-state index in [-0.39, 0.29) is 6.73 Å². The SMILES string of the molecule is CC(=O)O.N#Cc1c(Br)c(Br)n(CO)c1Br. The molecule has 1 rings (SSSR count). The van der Waals surface area contributed by atoms with E-state index in [0.717, 1.165) is 6.92 Å². The van der Waals surface area contributed by atoms with Crippen LogP contribution in [0.2, 0.25) is 0 Å². The highest BCUT2D eigenvalue weighted by Gasteiger charge is 2.16. The fourth-order valence-corrected chi connectivity index (χ4v) is 2.81. The number of carboxylic acids is 1. The molecule has 0 unspecified atom stereocenters. The first-order valence-electron chi connectivity index (χ1n) is 3.80. The number of hydrogen-bond donors (Lipinski definition) is 2. The van der Waals surface area contributed by atoms with Crippen LogP contribution in [0.5, 0.6) is 0 Å². The van der Waals surface area contributed by atoms with E-state index < -0.39 is 5.97 Å². The maximum absolute atomic E-state index is 9.00. The minimum Gasteiger partial charge on any atom is -0.481 e. The van der Waals surface area contributed by atoms with E-state index in [0.29, 0.717) is 19.2 Å². The van der Waals surface area contributed by atoms with Crippen LogP contribution in [0.3, 0.4) is 0 Å². The molecular weight excluding hydrogens is 412 g/mol. The van der Waals surface area contributed by atoms with Crippen molar-refractivity contribution in [3.63, 3.8) is 0 Å². The normalized spacial score (nSPS) is 9.00. The molecular formula is C8H7Br3N2O3. The lowest BCUT2D eigenvalue weighted by molar-refractivity contribution is -0.134. The lowest BCUT2D eigenvalue weighted by Crippen LogP contribution is -1.96. The Bertz CT molecular complexity index is 433. The Labute approximate surface area is 117 Å². The first-order chi connectivity index (χ1) is 7.36. The third-order valence-electron chi connectivity index (χ3n) is 1.33. The Balaban J connectivity index is 0.000000487. The van der Waals surface area contributed by atoms with E-state index in [2.05, 4.69) is 47.8 Å². The van der Waals surface area contributed by atoms with Gasteiger partial charge in [0.2, 0.25) is 0 Å². The zero-order valence-corrected chi connectivity index (χ0v) is 12.8. The predicted octanol–water partition coefficient (Wildman–Crippen LogP) is 2.69. The van der Waals surface area contributed by atoms with Crippen molar-refractivity contribution in [2.24, 2.45) is 0 Å². The van der Waals surface area contributed by atoms with Crippen LogP contribution in [-0.2, 0) is 11.5 Å². The molecule has 0 spiro atoms. The molecule has 16 heavy (non-hydrogen) atoms. The molecule has 1 heterocycles. The number of aromatic nitrogens is 1. The third-order valence-corrected chi connectivity index (χ3v) is 4.29. The highest BCUT2D eigenvalue weighted by Crippen LogP contribution is 2.34. The van der Waals surface area contributed by atoms with Gasteiger partial charge >= 0.3 is 0 Å². The molecule has 0 atom stereocenters. The van der Waals surface area contributed by atoms with Crippen LogP contribution in [0.25, 0.3) is 0 Å². The molecule has 1 aromatic rings. The van der Waals surface area contributed by atoms with Gasteiger partial charge in [0.1, 0.15) is 22.0 Å². The summed E-state index contributed by atoms with van der Waals surface area (Å²) in [6.07, 6.45) is 0. The molecule has 2 N–H and O–H groups in total. The number of aliphatic hydroxyl groups excluding tert-OH is 1. The summed E-state index contributed by atoms with van der Waals surface area (Å²) in [6, 6.07) is 2.00. The molecule has 0 saturated carbocycles. The van der Waals surface area contributed by atoms with Crippen LogP contribution < -0.4 is 0 Å². The monoisotopic (exact) mass is 416 g/mol. The molecule has 0 aliphatic rings. The summed E-state index contributed by atoms with van der Waals surface area (Å²) >= 11 is 9.64. The Hall–Kier alpha value is -0.360. The minimum absolute atomic E-state index is 0.179. The van der Waals surface area contributed by atoms with E-state index in [4.69, 9.17) is 20.3 Å². The standard InChI is InChI=1S/C6H3Br3N2O.C2H4O2/c7-4-3(1-10)5(8)11(2-12)6(4)9;1-2(3)4/h12H,2H2;1H3,(H,3,4). The highest BCUT2D eigenvalue weighted by molar-refractivity contribution is 9.13. The number of carboxylic acid groups (broad SMARTS) is 1. The number of halogens is 3. The predicted molar refractivity (Wildman–Crippen MR) is 67.8 cm³/mol. The lowest BCUT2D eigenvalue weighted by Gasteiger charge is -1.99. The van der Waals surface area contributed by atoms with Crippen LogP contribution in [0.4, 0.5) is 0 Å².